The molecule has 3 rings (SSSR count). The minimum absolute atomic E-state index is 0.202. The summed E-state index contributed by atoms with van der Waals surface area (Å²) in [7, 11) is 1.52. The molecule has 1 aromatic heterocycles. The normalized spacial score (nSPS) is 11.7. The van der Waals surface area contributed by atoms with Gasteiger partial charge in [-0.25, -0.2) is 4.39 Å². The summed E-state index contributed by atoms with van der Waals surface area (Å²) in [5.74, 6) is -1.16. The fourth-order valence-electron chi connectivity index (χ4n) is 3.13. The van der Waals surface area contributed by atoms with Gasteiger partial charge in [0, 0.05) is 17.8 Å². The van der Waals surface area contributed by atoms with Crippen LogP contribution in [-0.2, 0) is 11.2 Å². The first kappa shape index (κ1) is 20.1. The van der Waals surface area contributed by atoms with Crippen LogP contribution in [0.25, 0.3) is 11.1 Å². The first-order valence-corrected chi connectivity index (χ1v) is 9.05. The number of ether oxygens (including phenoxy) is 1. The molecule has 150 valence electrons. The first-order valence-electron chi connectivity index (χ1n) is 9.05. The molecule has 0 aliphatic carbocycles. The van der Waals surface area contributed by atoms with Gasteiger partial charge in [0.2, 0.25) is 0 Å². The van der Waals surface area contributed by atoms with E-state index >= 15 is 0 Å². The standard InChI is InChI=1S/C22H21FN2O4/c1-29-20-9-8-16(23)12-18(20)15-6-4-14(5-7-15)11-17(13-21(26)27)25-22(28)19-3-2-10-24-19/h2-10,12,17,24H,11,13H2,1H3,(H,25,28)(H,26,27)/t17-/m1/s1. The highest BCUT2D eigenvalue weighted by atomic mass is 19.1. The van der Waals surface area contributed by atoms with Crippen molar-refractivity contribution in [3.63, 3.8) is 0 Å². The molecule has 1 atom stereocenters. The summed E-state index contributed by atoms with van der Waals surface area (Å²) in [4.78, 5) is 26.2. The van der Waals surface area contributed by atoms with Gasteiger partial charge < -0.3 is 20.1 Å². The Labute approximate surface area is 167 Å². The van der Waals surface area contributed by atoms with Crippen molar-refractivity contribution >= 4 is 11.9 Å². The predicted molar refractivity (Wildman–Crippen MR) is 106 cm³/mol. The maximum Gasteiger partial charge on any atom is 0.305 e. The lowest BCUT2D eigenvalue weighted by molar-refractivity contribution is -0.137. The zero-order valence-corrected chi connectivity index (χ0v) is 15.8. The Hall–Kier alpha value is -3.61. The summed E-state index contributed by atoms with van der Waals surface area (Å²) in [6.45, 7) is 0. The van der Waals surface area contributed by atoms with Crippen molar-refractivity contribution in [3.05, 3.63) is 77.9 Å². The van der Waals surface area contributed by atoms with E-state index in [1.807, 2.05) is 24.3 Å². The number of carbonyl (C=O) groups excluding carboxylic acids is 1. The van der Waals surface area contributed by atoms with Gasteiger partial charge in [-0.15, -0.1) is 0 Å². The number of carbonyl (C=O) groups is 2. The Kier molecular flexibility index (Phi) is 6.29. The van der Waals surface area contributed by atoms with Crippen molar-refractivity contribution in [3.8, 4) is 16.9 Å². The Balaban J connectivity index is 1.76. The lowest BCUT2D eigenvalue weighted by atomic mass is 9.98. The summed E-state index contributed by atoms with van der Waals surface area (Å²) in [5, 5.41) is 11.9. The molecular formula is C22H21FN2O4. The van der Waals surface area contributed by atoms with Gasteiger partial charge in [-0.3, -0.25) is 9.59 Å². The molecule has 0 aliphatic rings. The van der Waals surface area contributed by atoms with Crippen LogP contribution in [-0.4, -0.2) is 35.1 Å². The Morgan fingerprint density at radius 2 is 1.93 bits per heavy atom. The average molecular weight is 396 g/mol. The smallest absolute Gasteiger partial charge is 0.305 e. The Bertz CT molecular complexity index is 985. The van der Waals surface area contributed by atoms with Gasteiger partial charge in [0.25, 0.3) is 5.91 Å². The summed E-state index contributed by atoms with van der Waals surface area (Å²) < 4.78 is 18.9. The van der Waals surface area contributed by atoms with Crippen LogP contribution in [0.15, 0.2) is 60.8 Å². The number of halogens is 1. The molecule has 7 heteroatoms. The fourth-order valence-corrected chi connectivity index (χ4v) is 3.13. The van der Waals surface area contributed by atoms with Crippen molar-refractivity contribution in [2.75, 3.05) is 7.11 Å². The summed E-state index contributed by atoms with van der Waals surface area (Å²) in [6.07, 6.45) is 1.77. The molecular weight excluding hydrogens is 375 g/mol. The van der Waals surface area contributed by atoms with Crippen LogP contribution in [0, 0.1) is 5.82 Å². The van der Waals surface area contributed by atoms with Crippen LogP contribution in [0.3, 0.4) is 0 Å². The molecule has 1 amide bonds. The number of amides is 1. The van der Waals surface area contributed by atoms with E-state index in [-0.39, 0.29) is 18.1 Å². The number of aromatic amines is 1. The van der Waals surface area contributed by atoms with E-state index in [9.17, 15) is 19.1 Å². The van der Waals surface area contributed by atoms with Gasteiger partial charge in [-0.2, -0.15) is 0 Å². The molecule has 29 heavy (non-hydrogen) atoms. The number of rotatable bonds is 8. The lowest BCUT2D eigenvalue weighted by Crippen LogP contribution is -2.38. The third-order valence-corrected chi connectivity index (χ3v) is 4.51. The molecule has 0 unspecified atom stereocenters. The monoisotopic (exact) mass is 396 g/mol. The minimum Gasteiger partial charge on any atom is -0.496 e. The fraction of sp³-hybridized carbons (Fsp3) is 0.182. The topological polar surface area (TPSA) is 91.4 Å². The maximum absolute atomic E-state index is 13.6. The number of benzene rings is 2. The third kappa shape index (κ3) is 5.22. The molecule has 0 saturated carbocycles. The van der Waals surface area contributed by atoms with Crippen LogP contribution < -0.4 is 10.1 Å². The van der Waals surface area contributed by atoms with E-state index in [2.05, 4.69) is 10.3 Å². The number of carboxylic acid groups (broad SMARTS) is 1. The predicted octanol–water partition coefficient (Wildman–Crippen LogP) is 3.65. The van der Waals surface area contributed by atoms with Crippen molar-refractivity contribution in [1.29, 1.82) is 0 Å². The van der Waals surface area contributed by atoms with E-state index in [0.717, 1.165) is 11.1 Å². The summed E-state index contributed by atoms with van der Waals surface area (Å²) in [5.41, 5.74) is 2.62. The highest BCUT2D eigenvalue weighted by Gasteiger charge is 2.18. The first-order chi connectivity index (χ1) is 14.0. The molecule has 0 aliphatic heterocycles. The van der Waals surface area contributed by atoms with E-state index < -0.39 is 12.0 Å². The number of aliphatic carboxylic acids is 1. The average Bonchev–Trinajstić information content (AvgIpc) is 3.23. The second kappa shape index (κ2) is 9.05. The number of hydrogen-bond acceptors (Lipinski definition) is 3. The van der Waals surface area contributed by atoms with Gasteiger partial charge in [0.15, 0.2) is 0 Å². The van der Waals surface area contributed by atoms with Crippen molar-refractivity contribution in [2.24, 2.45) is 0 Å². The quantitative estimate of drug-likeness (QED) is 0.542. The summed E-state index contributed by atoms with van der Waals surface area (Å²) >= 11 is 0. The molecule has 1 heterocycles. The largest absolute Gasteiger partial charge is 0.496 e. The molecule has 3 N–H and O–H groups in total. The van der Waals surface area contributed by atoms with Gasteiger partial charge in [0.1, 0.15) is 17.3 Å². The van der Waals surface area contributed by atoms with Crippen LogP contribution in [0.5, 0.6) is 5.75 Å². The van der Waals surface area contributed by atoms with E-state index in [4.69, 9.17) is 4.74 Å². The van der Waals surface area contributed by atoms with Crippen molar-refractivity contribution in [2.45, 2.75) is 18.9 Å². The number of aromatic nitrogens is 1. The molecule has 0 fully saturated rings. The number of methoxy groups -OCH3 is 1. The molecule has 3 aromatic rings. The second-order valence-corrected chi connectivity index (χ2v) is 6.60. The molecule has 2 aromatic carbocycles. The molecule has 0 radical (unpaired) electrons. The van der Waals surface area contributed by atoms with Crippen molar-refractivity contribution in [1.82, 2.24) is 10.3 Å². The van der Waals surface area contributed by atoms with Crippen molar-refractivity contribution < 1.29 is 23.8 Å². The zero-order valence-electron chi connectivity index (χ0n) is 15.8. The van der Waals surface area contributed by atoms with Crippen LogP contribution in [0.2, 0.25) is 0 Å². The highest BCUT2D eigenvalue weighted by molar-refractivity contribution is 5.92. The SMILES string of the molecule is COc1ccc(F)cc1-c1ccc(C[C@H](CC(=O)O)NC(=O)c2ccc[nH]2)cc1. The van der Waals surface area contributed by atoms with Gasteiger partial charge in [0.05, 0.1) is 13.5 Å². The van der Waals surface area contributed by atoms with E-state index in [0.29, 0.717) is 23.4 Å². The van der Waals surface area contributed by atoms with E-state index in [1.54, 1.807) is 24.4 Å². The summed E-state index contributed by atoms with van der Waals surface area (Å²) in [6, 6.07) is 14.3. The molecule has 0 saturated heterocycles. The Morgan fingerprint density at radius 1 is 1.17 bits per heavy atom. The Morgan fingerprint density at radius 3 is 2.55 bits per heavy atom. The van der Waals surface area contributed by atoms with Gasteiger partial charge in [-0.1, -0.05) is 24.3 Å². The van der Waals surface area contributed by atoms with Crippen LogP contribution in [0.1, 0.15) is 22.5 Å². The number of carboxylic acids is 1. The third-order valence-electron chi connectivity index (χ3n) is 4.51. The van der Waals surface area contributed by atoms with Gasteiger partial charge >= 0.3 is 5.97 Å². The van der Waals surface area contributed by atoms with Gasteiger partial charge in [-0.05, 0) is 47.9 Å². The van der Waals surface area contributed by atoms with Crippen LogP contribution >= 0.6 is 0 Å². The van der Waals surface area contributed by atoms with Crippen LogP contribution in [0.4, 0.5) is 4.39 Å². The lowest BCUT2D eigenvalue weighted by Gasteiger charge is -2.17. The minimum atomic E-state index is -0.997. The zero-order chi connectivity index (χ0) is 20.8. The number of nitrogens with one attached hydrogen (secondary N) is 2. The highest BCUT2D eigenvalue weighted by Crippen LogP contribution is 2.30. The number of hydrogen-bond donors (Lipinski definition) is 3. The molecule has 6 nitrogen and oxygen atoms in total. The molecule has 0 bridgehead atoms. The number of H-pyrrole nitrogens is 1. The maximum atomic E-state index is 13.6. The van der Waals surface area contributed by atoms with E-state index in [1.165, 1.54) is 19.2 Å². The molecule has 0 spiro atoms. The second-order valence-electron chi connectivity index (χ2n) is 6.60.